The average Bonchev–Trinajstić information content (AvgIpc) is 3.05. The van der Waals surface area contributed by atoms with Crippen molar-refractivity contribution in [2.24, 2.45) is 0 Å². The molecular formula is C14H19N7O3. The zero-order chi connectivity index (χ0) is 16.9. The highest BCUT2D eigenvalue weighted by atomic mass is 16.5. The van der Waals surface area contributed by atoms with Gasteiger partial charge in [0.2, 0.25) is 5.91 Å². The Balaban J connectivity index is 1.64. The van der Waals surface area contributed by atoms with Crippen LogP contribution in [0.4, 0.5) is 11.5 Å². The molecule has 1 aliphatic rings. The van der Waals surface area contributed by atoms with Gasteiger partial charge in [0.15, 0.2) is 5.82 Å². The molecule has 1 N–H and O–H groups in total. The predicted octanol–water partition coefficient (Wildman–Crippen LogP) is -0.670. The lowest BCUT2D eigenvalue weighted by atomic mass is 10.3. The second kappa shape index (κ2) is 7.21. The van der Waals surface area contributed by atoms with Gasteiger partial charge >= 0.3 is 0 Å². The van der Waals surface area contributed by atoms with Crippen molar-refractivity contribution < 1.29 is 9.53 Å². The van der Waals surface area contributed by atoms with Crippen LogP contribution >= 0.6 is 0 Å². The molecule has 10 heteroatoms. The number of nitrogens with one attached hydrogen (secondary N) is 1. The average molecular weight is 333 g/mol. The highest BCUT2D eigenvalue weighted by molar-refractivity contribution is 5.89. The van der Waals surface area contributed by atoms with Gasteiger partial charge in [0.25, 0.3) is 5.56 Å². The third-order valence-electron chi connectivity index (χ3n) is 3.61. The van der Waals surface area contributed by atoms with Gasteiger partial charge in [-0.05, 0) is 6.92 Å². The van der Waals surface area contributed by atoms with E-state index in [4.69, 9.17) is 4.74 Å². The molecule has 24 heavy (non-hydrogen) atoms. The molecule has 3 heterocycles. The number of carbonyl (C=O) groups is 1. The van der Waals surface area contributed by atoms with Crippen molar-refractivity contribution in [2.75, 3.05) is 36.5 Å². The molecule has 1 aliphatic heterocycles. The van der Waals surface area contributed by atoms with Gasteiger partial charge in [-0.2, -0.15) is 15.0 Å². The van der Waals surface area contributed by atoms with Gasteiger partial charge < -0.3 is 15.0 Å². The molecule has 0 saturated carbocycles. The lowest BCUT2D eigenvalue weighted by molar-refractivity contribution is -0.117. The molecule has 128 valence electrons. The van der Waals surface area contributed by atoms with Gasteiger partial charge in [-0.25, -0.2) is 4.68 Å². The first-order chi connectivity index (χ1) is 11.7. The van der Waals surface area contributed by atoms with Crippen LogP contribution in [0, 0.1) is 0 Å². The molecule has 0 unspecified atom stereocenters. The number of carbonyl (C=O) groups excluding carboxylic acids is 1. The fourth-order valence-electron chi connectivity index (χ4n) is 2.36. The minimum Gasteiger partial charge on any atom is -0.378 e. The normalized spacial score (nSPS) is 14.6. The third-order valence-corrected chi connectivity index (χ3v) is 3.61. The van der Waals surface area contributed by atoms with Crippen LogP contribution in [0.15, 0.2) is 23.3 Å². The molecule has 1 amide bonds. The first-order valence-electron chi connectivity index (χ1n) is 7.75. The van der Waals surface area contributed by atoms with E-state index in [0.29, 0.717) is 25.6 Å². The largest absolute Gasteiger partial charge is 0.378 e. The summed E-state index contributed by atoms with van der Waals surface area (Å²) in [5.74, 6) is -0.0355. The molecule has 0 atom stereocenters. The number of anilines is 2. The number of ether oxygens (including phenoxy) is 1. The van der Waals surface area contributed by atoms with Crippen molar-refractivity contribution in [3.8, 4) is 0 Å². The zero-order valence-electron chi connectivity index (χ0n) is 13.4. The number of amides is 1. The Bertz CT molecular complexity index is 764. The maximum absolute atomic E-state index is 12.2. The zero-order valence-corrected chi connectivity index (χ0v) is 13.4. The minimum atomic E-state index is -0.383. The summed E-state index contributed by atoms with van der Waals surface area (Å²) in [6.45, 7) is 5.03. The summed E-state index contributed by atoms with van der Waals surface area (Å²) in [6.07, 6.45) is 3.05. The number of aryl methyl sites for hydroxylation is 1. The van der Waals surface area contributed by atoms with Gasteiger partial charge in [-0.3, -0.25) is 9.59 Å². The molecule has 1 saturated heterocycles. The SMILES string of the molecule is CCn1ncc(NC(=O)Cn2ncc(N3CCOCC3)cc2=O)n1. The van der Waals surface area contributed by atoms with Crippen LogP contribution in [0.25, 0.3) is 0 Å². The molecule has 0 spiro atoms. The van der Waals surface area contributed by atoms with E-state index in [9.17, 15) is 9.59 Å². The Labute approximate surface area is 138 Å². The van der Waals surface area contributed by atoms with E-state index in [0.717, 1.165) is 23.5 Å². The fraction of sp³-hybridized carbons (Fsp3) is 0.500. The van der Waals surface area contributed by atoms with Gasteiger partial charge in [0.1, 0.15) is 6.54 Å². The summed E-state index contributed by atoms with van der Waals surface area (Å²) in [5, 5.41) is 14.7. The molecule has 0 aliphatic carbocycles. The molecule has 1 fully saturated rings. The van der Waals surface area contributed by atoms with Crippen LogP contribution in [-0.2, 0) is 22.6 Å². The van der Waals surface area contributed by atoms with Gasteiger partial charge in [-0.1, -0.05) is 0 Å². The van der Waals surface area contributed by atoms with E-state index in [1.54, 1.807) is 6.20 Å². The predicted molar refractivity (Wildman–Crippen MR) is 85.9 cm³/mol. The summed E-state index contributed by atoms with van der Waals surface area (Å²) in [5.41, 5.74) is 0.414. The van der Waals surface area contributed by atoms with Crippen molar-refractivity contribution in [1.29, 1.82) is 0 Å². The Morgan fingerprint density at radius 3 is 2.75 bits per heavy atom. The van der Waals surface area contributed by atoms with Crippen LogP contribution in [0.2, 0.25) is 0 Å². The van der Waals surface area contributed by atoms with Crippen molar-refractivity contribution in [3.05, 3.63) is 28.8 Å². The molecule has 2 aromatic heterocycles. The Morgan fingerprint density at radius 1 is 1.29 bits per heavy atom. The van der Waals surface area contributed by atoms with Crippen molar-refractivity contribution >= 4 is 17.4 Å². The molecule has 2 aromatic rings. The number of nitrogens with zero attached hydrogens (tertiary/aromatic N) is 6. The number of rotatable bonds is 5. The third kappa shape index (κ3) is 3.77. The highest BCUT2D eigenvalue weighted by Gasteiger charge is 2.14. The maximum atomic E-state index is 12.2. The number of morpholine rings is 1. The molecule has 0 bridgehead atoms. The minimum absolute atomic E-state index is 0.179. The van der Waals surface area contributed by atoms with Crippen LogP contribution in [0.5, 0.6) is 0 Å². The lowest BCUT2D eigenvalue weighted by Gasteiger charge is -2.28. The summed E-state index contributed by atoms with van der Waals surface area (Å²) in [6, 6.07) is 1.49. The molecular weight excluding hydrogens is 314 g/mol. The van der Waals surface area contributed by atoms with E-state index >= 15 is 0 Å². The van der Waals surface area contributed by atoms with Gasteiger partial charge in [-0.15, -0.1) is 5.10 Å². The standard InChI is InChI=1S/C14H19N7O3/c1-2-21-16-9-12(18-21)17-13(22)10-20-14(23)7-11(8-15-20)19-3-5-24-6-4-19/h7-9H,2-6,10H2,1H3,(H,17,18,22). The van der Waals surface area contributed by atoms with Crippen molar-refractivity contribution in [2.45, 2.75) is 20.0 Å². The Kier molecular flexibility index (Phi) is 4.85. The summed E-state index contributed by atoms with van der Waals surface area (Å²) < 4.78 is 6.40. The van der Waals surface area contributed by atoms with E-state index in [-0.39, 0.29) is 18.0 Å². The topological polar surface area (TPSA) is 107 Å². The van der Waals surface area contributed by atoms with E-state index in [1.165, 1.54) is 17.1 Å². The van der Waals surface area contributed by atoms with E-state index in [2.05, 4.69) is 20.6 Å². The maximum Gasteiger partial charge on any atom is 0.269 e. The molecule has 3 rings (SSSR count). The van der Waals surface area contributed by atoms with Gasteiger partial charge in [0, 0.05) is 19.2 Å². The lowest BCUT2D eigenvalue weighted by Crippen LogP contribution is -2.38. The van der Waals surface area contributed by atoms with Crippen LogP contribution in [-0.4, -0.2) is 57.0 Å². The fourth-order valence-corrected chi connectivity index (χ4v) is 2.36. The Morgan fingerprint density at radius 2 is 2.08 bits per heavy atom. The number of hydrogen-bond acceptors (Lipinski definition) is 7. The monoisotopic (exact) mass is 333 g/mol. The number of aromatic nitrogens is 5. The first-order valence-corrected chi connectivity index (χ1v) is 7.75. The van der Waals surface area contributed by atoms with Gasteiger partial charge in [0.05, 0.1) is 37.8 Å². The molecule has 0 aromatic carbocycles. The Hall–Kier alpha value is -2.75. The highest BCUT2D eigenvalue weighted by Crippen LogP contribution is 2.11. The number of hydrogen-bond donors (Lipinski definition) is 1. The van der Waals surface area contributed by atoms with Crippen molar-refractivity contribution in [1.82, 2.24) is 24.8 Å². The van der Waals surface area contributed by atoms with E-state index in [1.807, 2.05) is 11.8 Å². The summed E-state index contributed by atoms with van der Waals surface area (Å²) >= 11 is 0. The summed E-state index contributed by atoms with van der Waals surface area (Å²) in [7, 11) is 0. The second-order valence-electron chi connectivity index (χ2n) is 5.28. The van der Waals surface area contributed by atoms with Crippen molar-refractivity contribution in [3.63, 3.8) is 0 Å². The van der Waals surface area contributed by atoms with Crippen LogP contribution in [0.3, 0.4) is 0 Å². The summed E-state index contributed by atoms with van der Waals surface area (Å²) in [4.78, 5) is 27.6. The second-order valence-corrected chi connectivity index (χ2v) is 5.28. The first kappa shape index (κ1) is 16.1. The molecule has 10 nitrogen and oxygen atoms in total. The van der Waals surface area contributed by atoms with Crippen LogP contribution in [0.1, 0.15) is 6.92 Å². The quantitative estimate of drug-likeness (QED) is 0.773. The molecule has 0 radical (unpaired) electrons. The van der Waals surface area contributed by atoms with E-state index < -0.39 is 0 Å². The smallest absolute Gasteiger partial charge is 0.269 e. The van der Waals surface area contributed by atoms with Crippen LogP contribution < -0.4 is 15.8 Å².